The molecule has 1 aliphatic rings. The predicted octanol–water partition coefficient (Wildman–Crippen LogP) is 2.72. The Morgan fingerprint density at radius 2 is 2.17 bits per heavy atom. The van der Waals surface area contributed by atoms with Crippen LogP contribution in [0.3, 0.4) is 0 Å². The molecular weight excluding hydrogens is 309 g/mol. The summed E-state index contributed by atoms with van der Waals surface area (Å²) >= 11 is 0. The fourth-order valence-electron chi connectivity index (χ4n) is 2.58. The highest BCUT2D eigenvalue weighted by atomic mass is 19.4. The zero-order valence-electron chi connectivity index (χ0n) is 12.2. The van der Waals surface area contributed by atoms with Gasteiger partial charge in [0.2, 0.25) is 5.91 Å². The summed E-state index contributed by atoms with van der Waals surface area (Å²) in [6, 6.07) is 1.90. The Kier molecular flexibility index (Phi) is 4.06. The van der Waals surface area contributed by atoms with Gasteiger partial charge in [0.05, 0.1) is 12.1 Å². The van der Waals surface area contributed by atoms with Crippen molar-refractivity contribution in [2.45, 2.75) is 32.0 Å². The Labute approximate surface area is 130 Å². The molecule has 0 radical (unpaired) electrons. The molecule has 0 spiro atoms. The molecule has 0 aliphatic heterocycles. The third-order valence-electron chi connectivity index (χ3n) is 3.87. The normalized spacial score (nSPS) is 18.3. The van der Waals surface area contributed by atoms with Crippen molar-refractivity contribution in [3.05, 3.63) is 41.9 Å². The minimum atomic E-state index is -4.42. The van der Waals surface area contributed by atoms with Crippen molar-refractivity contribution in [1.29, 1.82) is 0 Å². The van der Waals surface area contributed by atoms with E-state index in [9.17, 15) is 18.0 Å². The second-order valence-corrected chi connectivity index (χ2v) is 5.46. The molecule has 122 valence electrons. The van der Waals surface area contributed by atoms with E-state index < -0.39 is 11.7 Å². The number of aromatic nitrogens is 3. The molecule has 1 N–H and O–H groups in total. The van der Waals surface area contributed by atoms with E-state index in [0.29, 0.717) is 12.2 Å². The van der Waals surface area contributed by atoms with E-state index in [0.717, 1.165) is 25.0 Å². The Hall–Kier alpha value is -2.38. The topological polar surface area (TPSA) is 59.3 Å². The van der Waals surface area contributed by atoms with Gasteiger partial charge in [-0.2, -0.15) is 13.2 Å². The van der Waals surface area contributed by atoms with E-state index in [1.807, 2.05) is 12.2 Å². The summed E-state index contributed by atoms with van der Waals surface area (Å²) in [4.78, 5) is 12.1. The Bertz CT molecular complexity index is 751. The molecule has 1 atom stereocenters. The number of fused-ring (bicyclic) bond motifs is 1. The number of alkyl halides is 3. The van der Waals surface area contributed by atoms with Crippen LogP contribution in [-0.4, -0.2) is 20.5 Å². The molecule has 0 unspecified atom stereocenters. The number of hydrogen-bond donors (Lipinski definition) is 1. The van der Waals surface area contributed by atoms with Crippen molar-refractivity contribution in [1.82, 2.24) is 19.9 Å². The highest BCUT2D eigenvalue weighted by Gasteiger charge is 2.31. The van der Waals surface area contributed by atoms with Crippen molar-refractivity contribution in [2.75, 3.05) is 0 Å². The first-order valence-electron chi connectivity index (χ1n) is 7.29. The van der Waals surface area contributed by atoms with Gasteiger partial charge in [0.1, 0.15) is 0 Å². The number of amides is 1. The Balaban J connectivity index is 1.71. The average Bonchev–Trinajstić information content (AvgIpc) is 2.95. The van der Waals surface area contributed by atoms with Gasteiger partial charge in [-0.15, -0.1) is 10.2 Å². The number of carbonyl (C=O) groups excluding carboxylic acids is 1. The summed E-state index contributed by atoms with van der Waals surface area (Å²) in [6.07, 6.45) is 3.28. The lowest BCUT2D eigenvalue weighted by atomic mass is 9.94. The van der Waals surface area contributed by atoms with Gasteiger partial charge < -0.3 is 5.32 Å². The minimum absolute atomic E-state index is 0.0592. The van der Waals surface area contributed by atoms with Gasteiger partial charge in [0.15, 0.2) is 11.5 Å². The smallest absolute Gasteiger partial charge is 0.349 e. The lowest BCUT2D eigenvalue weighted by molar-refractivity contribution is -0.137. The molecular formula is C15H15F3N4O. The summed E-state index contributed by atoms with van der Waals surface area (Å²) in [5, 5.41) is 10.4. The van der Waals surface area contributed by atoms with Crippen molar-refractivity contribution < 1.29 is 18.0 Å². The van der Waals surface area contributed by atoms with Crippen LogP contribution in [0.1, 0.15) is 30.7 Å². The largest absolute Gasteiger partial charge is 0.416 e. The monoisotopic (exact) mass is 324 g/mol. The summed E-state index contributed by atoms with van der Waals surface area (Å²) in [7, 11) is 0. The predicted molar refractivity (Wildman–Crippen MR) is 76.3 cm³/mol. The molecule has 1 aliphatic carbocycles. The number of allylic oxidation sites excluding steroid dienone is 2. The van der Waals surface area contributed by atoms with Gasteiger partial charge in [-0.05, 0) is 31.4 Å². The van der Waals surface area contributed by atoms with Crippen LogP contribution < -0.4 is 5.32 Å². The molecule has 0 fully saturated rings. The van der Waals surface area contributed by atoms with Crippen molar-refractivity contribution in [3.63, 3.8) is 0 Å². The molecule has 3 rings (SSSR count). The first kappa shape index (κ1) is 15.5. The number of nitrogens with zero attached hydrogens (tertiary/aromatic N) is 3. The average molecular weight is 324 g/mol. The van der Waals surface area contributed by atoms with Crippen LogP contribution in [0, 0.1) is 5.92 Å². The quantitative estimate of drug-likeness (QED) is 0.883. The Morgan fingerprint density at radius 1 is 1.35 bits per heavy atom. The third-order valence-corrected chi connectivity index (χ3v) is 3.87. The standard InChI is InChI=1S/C15H15F3N4O/c16-15(17,18)11-6-7-22-12(8-11)20-21-13(22)9-19-14(23)10-4-2-1-3-5-10/h1-2,6-8,10H,3-5,9H2,(H,19,23)/t10-/m1/s1. The van der Waals surface area contributed by atoms with Crippen LogP contribution in [0.5, 0.6) is 0 Å². The molecule has 0 saturated heterocycles. The van der Waals surface area contributed by atoms with Gasteiger partial charge in [0.25, 0.3) is 0 Å². The van der Waals surface area contributed by atoms with Gasteiger partial charge >= 0.3 is 6.18 Å². The first-order valence-corrected chi connectivity index (χ1v) is 7.29. The molecule has 2 aromatic rings. The summed E-state index contributed by atoms with van der Waals surface area (Å²) in [5.74, 6) is 0.266. The second-order valence-electron chi connectivity index (χ2n) is 5.46. The molecule has 5 nitrogen and oxygen atoms in total. The molecule has 0 aromatic carbocycles. The molecule has 1 amide bonds. The number of pyridine rings is 1. The van der Waals surface area contributed by atoms with Crippen LogP contribution in [0.2, 0.25) is 0 Å². The van der Waals surface area contributed by atoms with Crippen LogP contribution >= 0.6 is 0 Å². The molecule has 0 bridgehead atoms. The molecule has 2 aromatic heterocycles. The first-order chi connectivity index (χ1) is 10.9. The van der Waals surface area contributed by atoms with Crippen LogP contribution in [0.4, 0.5) is 13.2 Å². The van der Waals surface area contributed by atoms with Crippen molar-refractivity contribution in [3.8, 4) is 0 Å². The van der Waals surface area contributed by atoms with Crippen molar-refractivity contribution >= 4 is 11.6 Å². The summed E-state index contributed by atoms with van der Waals surface area (Å²) < 4.78 is 39.4. The van der Waals surface area contributed by atoms with Gasteiger partial charge in [-0.1, -0.05) is 12.2 Å². The molecule has 8 heteroatoms. The van der Waals surface area contributed by atoms with Crippen LogP contribution in [0.25, 0.3) is 5.65 Å². The maximum atomic E-state index is 12.7. The molecule has 23 heavy (non-hydrogen) atoms. The van der Waals surface area contributed by atoms with E-state index in [-0.39, 0.29) is 24.0 Å². The number of halogens is 3. The van der Waals surface area contributed by atoms with Crippen LogP contribution in [-0.2, 0) is 17.5 Å². The molecule has 0 saturated carbocycles. The molecule has 2 heterocycles. The van der Waals surface area contributed by atoms with E-state index in [2.05, 4.69) is 15.5 Å². The lowest BCUT2D eigenvalue weighted by Crippen LogP contribution is -2.31. The van der Waals surface area contributed by atoms with E-state index in [1.54, 1.807) is 0 Å². The highest BCUT2D eigenvalue weighted by molar-refractivity contribution is 5.78. The lowest BCUT2D eigenvalue weighted by Gasteiger charge is -2.16. The van der Waals surface area contributed by atoms with Gasteiger partial charge in [-0.25, -0.2) is 0 Å². The number of rotatable bonds is 3. The minimum Gasteiger partial charge on any atom is -0.349 e. The van der Waals surface area contributed by atoms with Crippen LogP contribution in [0.15, 0.2) is 30.5 Å². The SMILES string of the molecule is O=C(NCc1nnc2cc(C(F)(F)F)ccn12)[C@@H]1CC=CCC1. The number of carbonyl (C=O) groups is 1. The fourth-order valence-corrected chi connectivity index (χ4v) is 2.58. The Morgan fingerprint density at radius 3 is 2.87 bits per heavy atom. The summed E-state index contributed by atoms with van der Waals surface area (Å²) in [5.41, 5.74) is -0.674. The fraction of sp³-hybridized carbons (Fsp3) is 0.400. The second kappa shape index (κ2) is 6.02. The van der Waals surface area contributed by atoms with Gasteiger partial charge in [0, 0.05) is 12.1 Å². The number of hydrogen-bond acceptors (Lipinski definition) is 3. The highest BCUT2D eigenvalue weighted by Crippen LogP contribution is 2.29. The third kappa shape index (κ3) is 3.35. The zero-order valence-corrected chi connectivity index (χ0v) is 12.2. The maximum absolute atomic E-state index is 12.7. The van der Waals surface area contributed by atoms with E-state index in [4.69, 9.17) is 0 Å². The maximum Gasteiger partial charge on any atom is 0.416 e. The number of nitrogens with one attached hydrogen (secondary N) is 1. The van der Waals surface area contributed by atoms with Crippen molar-refractivity contribution in [2.24, 2.45) is 5.92 Å². The zero-order chi connectivity index (χ0) is 16.4. The van der Waals surface area contributed by atoms with Gasteiger partial charge in [-0.3, -0.25) is 9.20 Å². The summed E-state index contributed by atoms with van der Waals surface area (Å²) in [6.45, 7) is 0.131. The van der Waals surface area contributed by atoms with E-state index in [1.165, 1.54) is 10.6 Å². The van der Waals surface area contributed by atoms with E-state index >= 15 is 0 Å².